The fourth-order valence-electron chi connectivity index (χ4n) is 2.89. The molecular weight excluding hydrogens is 360 g/mol. The zero-order valence-electron chi connectivity index (χ0n) is 15.4. The summed E-state index contributed by atoms with van der Waals surface area (Å²) in [6, 6.07) is 12.6. The maximum absolute atomic E-state index is 12.6. The Morgan fingerprint density at radius 1 is 1.15 bits per heavy atom. The molecule has 0 bridgehead atoms. The first-order valence-corrected chi connectivity index (χ1v) is 10.7. The highest BCUT2D eigenvalue weighted by atomic mass is 32.1. The van der Waals surface area contributed by atoms with E-state index < -0.39 is 0 Å². The van der Waals surface area contributed by atoms with Gasteiger partial charge in [0, 0.05) is 10.3 Å². The maximum Gasteiger partial charge on any atom is 0.226 e. The number of hydrogen-bond acceptors (Lipinski definition) is 4. The van der Waals surface area contributed by atoms with Gasteiger partial charge in [0.1, 0.15) is 0 Å². The highest BCUT2D eigenvalue weighted by molar-refractivity contribution is 7.10. The molecule has 1 amide bonds. The number of aryl methyl sites for hydroxylation is 1. The van der Waals surface area contributed by atoms with Crippen molar-refractivity contribution in [2.45, 2.75) is 45.6 Å². The van der Waals surface area contributed by atoms with Crippen LogP contribution >= 0.6 is 22.7 Å². The van der Waals surface area contributed by atoms with Crippen LogP contribution in [0.15, 0.2) is 47.2 Å². The minimum absolute atomic E-state index is 0.000275. The molecule has 2 atom stereocenters. The van der Waals surface area contributed by atoms with Crippen LogP contribution in [0.3, 0.4) is 0 Å². The van der Waals surface area contributed by atoms with Crippen molar-refractivity contribution in [3.8, 4) is 0 Å². The van der Waals surface area contributed by atoms with Gasteiger partial charge in [0.25, 0.3) is 0 Å². The number of hydrogen-bond donors (Lipinski definition) is 1. The lowest BCUT2D eigenvalue weighted by atomic mass is 9.95. The summed E-state index contributed by atoms with van der Waals surface area (Å²) in [4.78, 5) is 18.1. The first-order valence-electron chi connectivity index (χ1n) is 8.90. The van der Waals surface area contributed by atoms with Gasteiger partial charge in [0.15, 0.2) is 0 Å². The van der Waals surface area contributed by atoms with E-state index >= 15 is 0 Å². The van der Waals surface area contributed by atoms with Crippen molar-refractivity contribution in [2.75, 3.05) is 0 Å². The van der Waals surface area contributed by atoms with E-state index in [0.717, 1.165) is 27.6 Å². The Bertz CT molecular complexity index is 837. The van der Waals surface area contributed by atoms with Crippen molar-refractivity contribution in [3.63, 3.8) is 0 Å². The molecule has 0 spiro atoms. The third-order valence-corrected chi connectivity index (χ3v) is 6.35. The number of carbonyl (C=O) groups excluding carboxylic acids is 1. The van der Waals surface area contributed by atoms with Gasteiger partial charge in [-0.15, -0.1) is 22.7 Å². The number of benzene rings is 1. The fourth-order valence-corrected chi connectivity index (χ4v) is 4.31. The van der Waals surface area contributed by atoms with Crippen LogP contribution < -0.4 is 5.32 Å². The molecule has 0 fully saturated rings. The summed E-state index contributed by atoms with van der Waals surface area (Å²) in [5, 5.41) is 8.18. The summed E-state index contributed by atoms with van der Waals surface area (Å²) in [5.74, 6) is 0.548. The van der Waals surface area contributed by atoms with E-state index in [4.69, 9.17) is 0 Å². The molecule has 2 heterocycles. The van der Waals surface area contributed by atoms with Gasteiger partial charge >= 0.3 is 0 Å². The van der Waals surface area contributed by atoms with E-state index in [9.17, 15) is 4.79 Å². The normalized spacial score (nSPS) is 13.3. The van der Waals surface area contributed by atoms with Gasteiger partial charge in [-0.25, -0.2) is 4.98 Å². The molecule has 0 aliphatic rings. The topological polar surface area (TPSA) is 42.0 Å². The molecule has 0 saturated heterocycles. The third kappa shape index (κ3) is 4.59. The van der Waals surface area contributed by atoms with Crippen LogP contribution in [-0.2, 0) is 11.2 Å². The Morgan fingerprint density at radius 2 is 1.88 bits per heavy atom. The number of rotatable bonds is 7. The molecule has 0 saturated carbocycles. The average Bonchev–Trinajstić information content (AvgIpc) is 3.31. The molecule has 0 radical (unpaired) electrons. The lowest BCUT2D eigenvalue weighted by Crippen LogP contribution is -2.30. The van der Waals surface area contributed by atoms with Crippen LogP contribution in [0.25, 0.3) is 0 Å². The number of thiazole rings is 1. The Labute approximate surface area is 163 Å². The molecule has 0 aliphatic carbocycles. The fraction of sp³-hybridized carbons (Fsp3) is 0.333. The molecule has 0 aliphatic heterocycles. The maximum atomic E-state index is 12.6. The molecule has 1 aromatic carbocycles. The molecule has 5 heteroatoms. The first-order chi connectivity index (χ1) is 12.6. The first kappa shape index (κ1) is 18.8. The second kappa shape index (κ2) is 8.60. The van der Waals surface area contributed by atoms with Crippen LogP contribution in [0.2, 0.25) is 0 Å². The molecule has 3 nitrogen and oxygen atoms in total. The van der Waals surface area contributed by atoms with Crippen molar-refractivity contribution in [3.05, 3.63) is 73.9 Å². The van der Waals surface area contributed by atoms with E-state index in [0.29, 0.717) is 12.3 Å². The van der Waals surface area contributed by atoms with Gasteiger partial charge in [0.05, 0.1) is 23.2 Å². The number of nitrogens with one attached hydrogen (secondary N) is 1. The van der Waals surface area contributed by atoms with Gasteiger partial charge < -0.3 is 5.32 Å². The summed E-state index contributed by atoms with van der Waals surface area (Å²) in [6.07, 6.45) is 1.44. The standard InChI is InChI=1S/C21H24N2OS2/c1-4-14(2)16-7-9-17(10-8-16)21(19-6-5-11-25-19)23-20(24)12-18-13-26-15(3)22-18/h5-11,13-14,21H,4,12H2,1-3H3,(H,23,24). The summed E-state index contributed by atoms with van der Waals surface area (Å²) in [6.45, 7) is 6.40. The molecule has 3 aromatic rings. The Morgan fingerprint density at radius 3 is 2.46 bits per heavy atom. The van der Waals surface area contributed by atoms with Crippen molar-refractivity contribution in [1.82, 2.24) is 10.3 Å². The quantitative estimate of drug-likeness (QED) is 0.586. The number of amides is 1. The molecule has 2 unspecified atom stereocenters. The number of carbonyl (C=O) groups is 1. The van der Waals surface area contributed by atoms with Crippen molar-refractivity contribution in [1.29, 1.82) is 0 Å². The van der Waals surface area contributed by atoms with E-state index in [1.807, 2.05) is 23.8 Å². The van der Waals surface area contributed by atoms with Gasteiger partial charge in [-0.2, -0.15) is 0 Å². The van der Waals surface area contributed by atoms with Crippen LogP contribution in [0.1, 0.15) is 58.9 Å². The SMILES string of the molecule is CCC(C)c1ccc(C(NC(=O)Cc2csc(C)n2)c2cccs2)cc1. The predicted octanol–water partition coefficient (Wildman–Crippen LogP) is 5.47. The molecule has 136 valence electrons. The largest absolute Gasteiger partial charge is 0.344 e. The smallest absolute Gasteiger partial charge is 0.226 e. The Kier molecular flexibility index (Phi) is 6.22. The molecule has 2 aromatic heterocycles. The van der Waals surface area contributed by atoms with E-state index in [1.54, 1.807) is 22.7 Å². The molecule has 26 heavy (non-hydrogen) atoms. The second-order valence-electron chi connectivity index (χ2n) is 6.53. The van der Waals surface area contributed by atoms with Crippen LogP contribution in [-0.4, -0.2) is 10.9 Å². The monoisotopic (exact) mass is 384 g/mol. The van der Waals surface area contributed by atoms with Gasteiger partial charge in [-0.3, -0.25) is 4.79 Å². The minimum atomic E-state index is -0.117. The molecule has 3 rings (SSSR count). The molecule has 1 N–H and O–H groups in total. The van der Waals surface area contributed by atoms with Gasteiger partial charge in [-0.1, -0.05) is 44.2 Å². The zero-order valence-corrected chi connectivity index (χ0v) is 17.0. The summed E-state index contributed by atoms with van der Waals surface area (Å²) < 4.78 is 0. The van der Waals surface area contributed by atoms with Crippen LogP contribution in [0, 0.1) is 6.92 Å². The van der Waals surface area contributed by atoms with Crippen molar-refractivity contribution >= 4 is 28.6 Å². The Hall–Kier alpha value is -1.98. The average molecular weight is 385 g/mol. The number of aromatic nitrogens is 1. The van der Waals surface area contributed by atoms with E-state index in [-0.39, 0.29) is 11.9 Å². The lowest BCUT2D eigenvalue weighted by molar-refractivity contribution is -0.121. The van der Waals surface area contributed by atoms with E-state index in [1.165, 1.54) is 5.56 Å². The third-order valence-electron chi connectivity index (χ3n) is 4.59. The van der Waals surface area contributed by atoms with Crippen LogP contribution in [0.5, 0.6) is 0 Å². The molecular formula is C21H24N2OS2. The zero-order chi connectivity index (χ0) is 18.5. The van der Waals surface area contributed by atoms with Crippen molar-refractivity contribution < 1.29 is 4.79 Å². The lowest BCUT2D eigenvalue weighted by Gasteiger charge is -2.19. The summed E-state index contributed by atoms with van der Waals surface area (Å²) >= 11 is 3.24. The highest BCUT2D eigenvalue weighted by Gasteiger charge is 2.19. The Balaban J connectivity index is 1.78. The predicted molar refractivity (Wildman–Crippen MR) is 110 cm³/mol. The number of nitrogens with zero attached hydrogens (tertiary/aromatic N) is 1. The highest BCUT2D eigenvalue weighted by Crippen LogP contribution is 2.28. The van der Waals surface area contributed by atoms with Crippen molar-refractivity contribution in [2.24, 2.45) is 0 Å². The number of thiophene rings is 1. The van der Waals surface area contributed by atoms with Crippen LogP contribution in [0.4, 0.5) is 0 Å². The van der Waals surface area contributed by atoms with Gasteiger partial charge in [0.2, 0.25) is 5.91 Å². The summed E-state index contributed by atoms with van der Waals surface area (Å²) in [7, 11) is 0. The summed E-state index contributed by atoms with van der Waals surface area (Å²) in [5.41, 5.74) is 3.29. The minimum Gasteiger partial charge on any atom is -0.344 e. The second-order valence-corrected chi connectivity index (χ2v) is 8.57. The van der Waals surface area contributed by atoms with Gasteiger partial charge in [-0.05, 0) is 41.8 Å². The van der Waals surface area contributed by atoms with E-state index in [2.05, 4.69) is 54.5 Å².